The summed E-state index contributed by atoms with van der Waals surface area (Å²) in [6, 6.07) is -0.835. The highest BCUT2D eigenvalue weighted by atomic mass is 16.7. The first kappa shape index (κ1) is 65.4. The fourth-order valence-electron chi connectivity index (χ4n) is 8.69. The van der Waals surface area contributed by atoms with Crippen molar-refractivity contribution in [2.45, 2.75) is 281 Å². The van der Waals surface area contributed by atoms with Gasteiger partial charge in [-0.05, 0) is 70.6 Å². The van der Waals surface area contributed by atoms with Crippen LogP contribution in [-0.2, 0) is 14.3 Å². The third-order valence-electron chi connectivity index (χ3n) is 13.2. The van der Waals surface area contributed by atoms with Crippen molar-refractivity contribution in [3.63, 3.8) is 0 Å². The molecule has 1 aliphatic heterocycles. The zero-order valence-electron chi connectivity index (χ0n) is 44.7. The molecule has 7 unspecified atom stereocenters. The number of carbonyl (C=O) groups is 1. The second kappa shape index (κ2) is 49.9. The van der Waals surface area contributed by atoms with E-state index in [1.54, 1.807) is 6.08 Å². The number of nitrogens with one attached hydrogen (secondary N) is 1. The van der Waals surface area contributed by atoms with Gasteiger partial charge in [-0.1, -0.05) is 247 Å². The Balaban J connectivity index is 2.27. The van der Waals surface area contributed by atoms with Gasteiger partial charge in [0.1, 0.15) is 24.4 Å². The monoisotopic (exact) mass is 982 g/mol. The molecule has 7 atom stereocenters. The van der Waals surface area contributed by atoms with Crippen molar-refractivity contribution in [3.05, 3.63) is 85.1 Å². The first-order valence-electron chi connectivity index (χ1n) is 28.8. The predicted octanol–water partition coefficient (Wildman–Crippen LogP) is 14.2. The maximum absolute atomic E-state index is 13.0. The lowest BCUT2D eigenvalue weighted by Crippen LogP contribution is -2.60. The fraction of sp³-hybridized carbons (Fsp3) is 0.754. The molecule has 1 rings (SSSR count). The quantitative estimate of drug-likeness (QED) is 0.0261. The molecule has 0 aromatic carbocycles. The summed E-state index contributed by atoms with van der Waals surface area (Å²) in [5.41, 5.74) is 0. The van der Waals surface area contributed by atoms with Crippen LogP contribution in [0.3, 0.4) is 0 Å². The largest absolute Gasteiger partial charge is 0.394 e. The summed E-state index contributed by atoms with van der Waals surface area (Å²) >= 11 is 0. The van der Waals surface area contributed by atoms with Gasteiger partial charge in [0.15, 0.2) is 6.29 Å². The maximum Gasteiger partial charge on any atom is 0.220 e. The van der Waals surface area contributed by atoms with E-state index in [4.69, 9.17) is 9.47 Å². The predicted molar refractivity (Wildman–Crippen MR) is 295 cm³/mol. The first-order valence-corrected chi connectivity index (χ1v) is 28.8. The second-order valence-electron chi connectivity index (χ2n) is 19.7. The molecule has 0 aromatic rings. The van der Waals surface area contributed by atoms with Gasteiger partial charge in [0.2, 0.25) is 5.91 Å². The lowest BCUT2D eigenvalue weighted by Gasteiger charge is -2.40. The summed E-state index contributed by atoms with van der Waals surface area (Å²) in [4.78, 5) is 13.0. The van der Waals surface area contributed by atoms with E-state index in [-0.39, 0.29) is 18.9 Å². The molecule has 0 aliphatic carbocycles. The molecule has 9 heteroatoms. The van der Waals surface area contributed by atoms with E-state index in [9.17, 15) is 30.3 Å². The van der Waals surface area contributed by atoms with Crippen LogP contribution in [0.15, 0.2) is 85.1 Å². The van der Waals surface area contributed by atoms with Gasteiger partial charge < -0.3 is 40.3 Å². The van der Waals surface area contributed by atoms with Gasteiger partial charge in [0.25, 0.3) is 0 Å². The number of aliphatic hydroxyl groups is 5. The Morgan fingerprint density at radius 1 is 0.500 bits per heavy atom. The van der Waals surface area contributed by atoms with Crippen LogP contribution in [0, 0.1) is 0 Å². The molecule has 1 fully saturated rings. The minimum Gasteiger partial charge on any atom is -0.394 e. The molecular weight excluding hydrogens is 875 g/mol. The van der Waals surface area contributed by atoms with E-state index in [0.717, 1.165) is 70.6 Å². The van der Waals surface area contributed by atoms with E-state index in [0.29, 0.717) is 6.42 Å². The number of amides is 1. The molecule has 404 valence electrons. The fourth-order valence-corrected chi connectivity index (χ4v) is 8.69. The lowest BCUT2D eigenvalue weighted by molar-refractivity contribution is -0.302. The van der Waals surface area contributed by atoms with E-state index in [1.165, 1.54) is 141 Å². The number of rotatable bonds is 48. The molecule has 0 radical (unpaired) electrons. The van der Waals surface area contributed by atoms with Crippen molar-refractivity contribution in [2.24, 2.45) is 0 Å². The smallest absolute Gasteiger partial charge is 0.220 e. The molecular formula is C61H107NO8. The molecule has 1 heterocycles. The molecule has 70 heavy (non-hydrogen) atoms. The molecule has 0 saturated carbocycles. The van der Waals surface area contributed by atoms with Crippen LogP contribution in [0.1, 0.15) is 239 Å². The molecule has 0 spiro atoms. The van der Waals surface area contributed by atoms with E-state index in [2.05, 4.69) is 92.1 Å². The molecule has 1 saturated heterocycles. The number of allylic oxidation sites excluding steroid dienone is 13. The molecule has 9 nitrogen and oxygen atoms in total. The Hall–Kier alpha value is -2.63. The Morgan fingerprint density at radius 3 is 1.31 bits per heavy atom. The van der Waals surface area contributed by atoms with Crippen molar-refractivity contribution >= 4 is 5.91 Å². The van der Waals surface area contributed by atoms with E-state index < -0.39 is 49.5 Å². The summed E-state index contributed by atoms with van der Waals surface area (Å²) in [5.74, 6) is -0.220. The minimum atomic E-state index is -1.58. The Morgan fingerprint density at radius 2 is 0.886 bits per heavy atom. The maximum atomic E-state index is 13.0. The number of unbranched alkanes of at least 4 members (excludes halogenated alkanes) is 26. The number of aliphatic hydroxyl groups excluding tert-OH is 5. The van der Waals surface area contributed by atoms with Gasteiger partial charge in [-0.3, -0.25) is 4.79 Å². The zero-order valence-corrected chi connectivity index (χ0v) is 44.7. The van der Waals surface area contributed by atoms with Gasteiger partial charge >= 0.3 is 0 Å². The van der Waals surface area contributed by atoms with Crippen molar-refractivity contribution in [3.8, 4) is 0 Å². The summed E-state index contributed by atoms with van der Waals surface area (Å²) in [5, 5.41) is 54.5. The SMILES string of the molecule is CC/C=C\C/C=C\C/C=C\C/C=C\C/C=C\C/C=C\CCCCC(=O)NC(COC1OC(CO)C(O)C(O)C1O)C(O)/C=C/CCCCCCCCCCCCCCCCCCCCCCCCCC. The first-order chi connectivity index (χ1) is 34.3. The van der Waals surface area contributed by atoms with E-state index in [1.807, 2.05) is 6.08 Å². The Kier molecular flexibility index (Phi) is 46.6. The normalized spacial score (nSPS) is 20.0. The number of ether oxygens (including phenoxy) is 2. The Labute approximate surface area is 429 Å². The van der Waals surface area contributed by atoms with Crippen molar-refractivity contribution in [2.75, 3.05) is 13.2 Å². The Bertz CT molecular complexity index is 1370. The van der Waals surface area contributed by atoms with Crippen LogP contribution in [0.5, 0.6) is 0 Å². The van der Waals surface area contributed by atoms with E-state index >= 15 is 0 Å². The summed E-state index contributed by atoms with van der Waals surface area (Å²) in [6.07, 6.45) is 63.6. The number of hydrogen-bond donors (Lipinski definition) is 6. The zero-order chi connectivity index (χ0) is 50.8. The third kappa shape index (κ3) is 39.0. The highest BCUT2D eigenvalue weighted by molar-refractivity contribution is 5.76. The molecule has 0 aromatic heterocycles. The van der Waals surface area contributed by atoms with Crippen molar-refractivity contribution < 1.29 is 39.8 Å². The van der Waals surface area contributed by atoms with Crippen LogP contribution in [-0.4, -0.2) is 87.5 Å². The lowest BCUT2D eigenvalue weighted by atomic mass is 9.99. The molecule has 1 amide bonds. The summed E-state index contributed by atoms with van der Waals surface area (Å²) in [6.45, 7) is 3.65. The van der Waals surface area contributed by atoms with Gasteiger partial charge in [-0.15, -0.1) is 0 Å². The van der Waals surface area contributed by atoms with Crippen LogP contribution >= 0.6 is 0 Å². The molecule has 6 N–H and O–H groups in total. The van der Waals surface area contributed by atoms with Gasteiger partial charge in [-0.2, -0.15) is 0 Å². The molecule has 1 aliphatic rings. The standard InChI is InChI=1S/C61H107NO8/c1-3-5-7-9-11-13-15-17-19-21-23-25-26-27-28-29-31-32-34-36-38-40-42-44-46-48-50-55(64)54(53-69-61-60(68)59(67)58(66)56(52-63)70-61)62-57(65)51-49-47-45-43-41-39-37-35-33-30-24-22-20-18-16-14-12-10-8-6-4-2/h6,8,12,14,18,20,24,30,35,37,41,43,48,50,54-56,58-61,63-64,66-68H,3-5,7,9-11,13,15-17,19,21-23,25-29,31-34,36,38-40,42,44-47,49,51-53H2,1-2H3,(H,62,65)/b8-6-,14-12-,20-18-,30-24-,37-35-,43-41-,50-48+. The van der Waals surface area contributed by atoms with Crippen LogP contribution < -0.4 is 5.32 Å². The highest BCUT2D eigenvalue weighted by Crippen LogP contribution is 2.23. The minimum absolute atomic E-state index is 0.210. The number of carbonyl (C=O) groups excluding carboxylic acids is 1. The van der Waals surface area contributed by atoms with Crippen LogP contribution in [0.4, 0.5) is 0 Å². The van der Waals surface area contributed by atoms with Gasteiger partial charge in [-0.25, -0.2) is 0 Å². The number of hydrogen-bond acceptors (Lipinski definition) is 8. The van der Waals surface area contributed by atoms with Crippen molar-refractivity contribution in [1.82, 2.24) is 5.32 Å². The van der Waals surface area contributed by atoms with Crippen molar-refractivity contribution in [1.29, 1.82) is 0 Å². The second-order valence-corrected chi connectivity index (χ2v) is 19.7. The highest BCUT2D eigenvalue weighted by Gasteiger charge is 2.44. The average Bonchev–Trinajstić information content (AvgIpc) is 3.36. The van der Waals surface area contributed by atoms with Gasteiger partial charge in [0.05, 0.1) is 25.4 Å². The molecule has 0 bridgehead atoms. The van der Waals surface area contributed by atoms with Crippen LogP contribution in [0.2, 0.25) is 0 Å². The topological polar surface area (TPSA) is 149 Å². The van der Waals surface area contributed by atoms with Crippen LogP contribution in [0.25, 0.3) is 0 Å². The third-order valence-corrected chi connectivity index (χ3v) is 13.2. The summed E-state index contributed by atoms with van der Waals surface area (Å²) < 4.78 is 11.3. The summed E-state index contributed by atoms with van der Waals surface area (Å²) in [7, 11) is 0. The average molecular weight is 983 g/mol. The van der Waals surface area contributed by atoms with Gasteiger partial charge in [0, 0.05) is 6.42 Å².